The fourth-order valence-corrected chi connectivity index (χ4v) is 5.17. The smallest absolute Gasteiger partial charge is 0.289 e. The summed E-state index contributed by atoms with van der Waals surface area (Å²) in [6, 6.07) is 12.1. The highest BCUT2D eigenvalue weighted by molar-refractivity contribution is 5.91. The van der Waals surface area contributed by atoms with Crippen molar-refractivity contribution in [3.05, 3.63) is 53.4 Å². The van der Waals surface area contributed by atoms with E-state index in [9.17, 15) is 9.90 Å². The lowest BCUT2D eigenvalue weighted by Gasteiger charge is -2.49. The summed E-state index contributed by atoms with van der Waals surface area (Å²) in [5.74, 6) is 0.164. The highest BCUT2D eigenvalue weighted by Crippen LogP contribution is 2.50. The van der Waals surface area contributed by atoms with Crippen LogP contribution in [0.25, 0.3) is 0 Å². The van der Waals surface area contributed by atoms with E-state index in [1.807, 2.05) is 13.0 Å². The minimum absolute atomic E-state index is 0.0793. The van der Waals surface area contributed by atoms with E-state index in [4.69, 9.17) is 9.26 Å². The number of hydrogen-bond donors (Lipinski definition) is 2. The highest BCUT2D eigenvalue weighted by atomic mass is 16.5. The Morgan fingerprint density at radius 2 is 2.03 bits per heavy atom. The normalized spacial score (nSPS) is 34.4. The number of nitrogens with one attached hydrogen (secondary N) is 1. The molecule has 2 N–H and O–H groups in total. The topological polar surface area (TPSA) is 84.6 Å². The average molecular weight is 399 g/mol. The molecule has 3 heterocycles. The SMILES string of the molecule is Cc1cc(C(=O)NC[C@@H]2CC[C@@]3(C)C[C@H](c4ccccc4)C[C@](C)(O3)[C@H]2O)on1. The first-order valence-electron chi connectivity index (χ1n) is 10.4. The third-order valence-corrected chi connectivity index (χ3v) is 6.57. The number of rotatable bonds is 4. The van der Waals surface area contributed by atoms with Gasteiger partial charge < -0.3 is 19.7 Å². The Kier molecular flexibility index (Phi) is 5.25. The number of benzene rings is 1. The van der Waals surface area contributed by atoms with Gasteiger partial charge in [0.1, 0.15) is 0 Å². The van der Waals surface area contributed by atoms with E-state index in [1.54, 1.807) is 13.0 Å². The van der Waals surface area contributed by atoms with Crippen LogP contribution in [0, 0.1) is 12.8 Å². The third-order valence-electron chi connectivity index (χ3n) is 6.57. The lowest BCUT2D eigenvalue weighted by Crippen LogP contribution is -2.54. The molecule has 0 radical (unpaired) electrons. The monoisotopic (exact) mass is 398 g/mol. The van der Waals surface area contributed by atoms with Crippen LogP contribution in [0.15, 0.2) is 40.9 Å². The predicted octanol–water partition coefficient (Wildman–Crippen LogP) is 3.60. The summed E-state index contributed by atoms with van der Waals surface area (Å²) in [7, 11) is 0. The standard InChI is InChI=1S/C23H30N2O4/c1-15-11-19(28-25-15)21(27)24-14-17-9-10-22(2)12-18(16-7-5-4-6-8-16)13-23(3,29-22)20(17)26/h4-8,11,17-18,20,26H,9-10,12-14H2,1-3H3,(H,24,27)/t17-,18-,20-,22-,23-/m0/s1. The molecule has 2 aliphatic rings. The lowest BCUT2D eigenvalue weighted by atomic mass is 9.74. The molecule has 2 aliphatic heterocycles. The van der Waals surface area contributed by atoms with E-state index >= 15 is 0 Å². The van der Waals surface area contributed by atoms with E-state index in [2.05, 4.69) is 41.7 Å². The first-order valence-corrected chi connectivity index (χ1v) is 10.4. The molecule has 0 aliphatic carbocycles. The van der Waals surface area contributed by atoms with Crippen LogP contribution in [0.1, 0.15) is 67.3 Å². The molecule has 2 bridgehead atoms. The van der Waals surface area contributed by atoms with E-state index in [0.29, 0.717) is 18.2 Å². The number of ether oxygens (including phenoxy) is 1. The number of aliphatic hydroxyl groups is 1. The van der Waals surface area contributed by atoms with E-state index in [1.165, 1.54) is 5.56 Å². The maximum absolute atomic E-state index is 12.3. The molecule has 2 aromatic rings. The van der Waals surface area contributed by atoms with Crippen molar-refractivity contribution in [1.29, 1.82) is 0 Å². The highest BCUT2D eigenvalue weighted by Gasteiger charge is 2.52. The summed E-state index contributed by atoms with van der Waals surface area (Å²) >= 11 is 0. The number of aryl methyl sites for hydroxylation is 1. The van der Waals surface area contributed by atoms with Gasteiger partial charge in [-0.15, -0.1) is 0 Å². The molecule has 1 aromatic carbocycles. The van der Waals surface area contributed by atoms with Crippen LogP contribution in [0.4, 0.5) is 0 Å². The van der Waals surface area contributed by atoms with Crippen LogP contribution in [0.2, 0.25) is 0 Å². The van der Waals surface area contributed by atoms with Crippen molar-refractivity contribution in [2.24, 2.45) is 5.92 Å². The van der Waals surface area contributed by atoms with Crippen LogP contribution in [-0.2, 0) is 4.74 Å². The summed E-state index contributed by atoms with van der Waals surface area (Å²) in [5, 5.41) is 17.9. The summed E-state index contributed by atoms with van der Waals surface area (Å²) in [4.78, 5) is 12.3. The average Bonchev–Trinajstić information content (AvgIpc) is 3.11. The molecule has 1 amide bonds. The summed E-state index contributed by atoms with van der Waals surface area (Å²) in [6.07, 6.45) is 2.69. The van der Waals surface area contributed by atoms with Crippen LogP contribution in [0.5, 0.6) is 0 Å². The fourth-order valence-electron chi connectivity index (χ4n) is 5.17. The van der Waals surface area contributed by atoms with Gasteiger partial charge in [-0.3, -0.25) is 4.79 Å². The fraction of sp³-hybridized carbons (Fsp3) is 0.565. The molecule has 4 rings (SSSR count). The lowest BCUT2D eigenvalue weighted by molar-refractivity contribution is -0.215. The summed E-state index contributed by atoms with van der Waals surface area (Å²) in [6.45, 7) is 6.33. The molecule has 2 fully saturated rings. The van der Waals surface area contributed by atoms with Crippen molar-refractivity contribution in [1.82, 2.24) is 10.5 Å². The molecule has 2 saturated heterocycles. The van der Waals surface area contributed by atoms with Crippen LogP contribution in [-0.4, -0.2) is 40.0 Å². The largest absolute Gasteiger partial charge is 0.390 e. The Morgan fingerprint density at radius 3 is 2.72 bits per heavy atom. The van der Waals surface area contributed by atoms with Crippen molar-refractivity contribution in [2.45, 2.75) is 69.7 Å². The van der Waals surface area contributed by atoms with Crippen molar-refractivity contribution in [3.8, 4) is 0 Å². The van der Waals surface area contributed by atoms with Gasteiger partial charge in [-0.05, 0) is 57.9 Å². The molecule has 156 valence electrons. The second kappa shape index (κ2) is 7.58. The van der Waals surface area contributed by atoms with E-state index in [-0.39, 0.29) is 23.2 Å². The quantitative estimate of drug-likeness (QED) is 0.822. The number of fused-ring (bicyclic) bond motifs is 2. The first kappa shape index (κ1) is 20.1. The Morgan fingerprint density at radius 1 is 1.28 bits per heavy atom. The molecule has 6 nitrogen and oxygen atoms in total. The Hall–Kier alpha value is -2.18. The zero-order valence-electron chi connectivity index (χ0n) is 17.4. The van der Waals surface area contributed by atoms with E-state index < -0.39 is 11.7 Å². The van der Waals surface area contributed by atoms with Crippen molar-refractivity contribution in [3.63, 3.8) is 0 Å². The summed E-state index contributed by atoms with van der Waals surface area (Å²) in [5.41, 5.74) is 1.03. The van der Waals surface area contributed by atoms with Gasteiger partial charge in [0, 0.05) is 18.5 Å². The van der Waals surface area contributed by atoms with Gasteiger partial charge in [-0.25, -0.2) is 0 Å². The zero-order chi connectivity index (χ0) is 20.6. The molecule has 5 atom stereocenters. The molecular formula is C23H30N2O4. The second-order valence-corrected chi connectivity index (χ2v) is 9.17. The molecule has 6 heteroatoms. The van der Waals surface area contributed by atoms with Gasteiger partial charge in [0.15, 0.2) is 0 Å². The first-order chi connectivity index (χ1) is 13.8. The number of carbonyl (C=O) groups excluding carboxylic acids is 1. The van der Waals surface area contributed by atoms with Crippen molar-refractivity contribution < 1.29 is 19.2 Å². The Labute approximate surface area is 171 Å². The minimum atomic E-state index is -0.660. The van der Waals surface area contributed by atoms with Gasteiger partial charge in [0.2, 0.25) is 5.76 Å². The van der Waals surface area contributed by atoms with Crippen LogP contribution >= 0.6 is 0 Å². The maximum atomic E-state index is 12.3. The van der Waals surface area contributed by atoms with Crippen LogP contribution < -0.4 is 5.32 Å². The molecule has 0 unspecified atom stereocenters. The molecule has 0 spiro atoms. The van der Waals surface area contributed by atoms with Gasteiger partial charge in [0.05, 0.1) is 23.0 Å². The number of amides is 1. The number of aromatic nitrogens is 1. The maximum Gasteiger partial charge on any atom is 0.289 e. The Balaban J connectivity index is 1.49. The molecule has 0 saturated carbocycles. The van der Waals surface area contributed by atoms with E-state index in [0.717, 1.165) is 25.7 Å². The van der Waals surface area contributed by atoms with Gasteiger partial charge in [-0.1, -0.05) is 35.5 Å². The molecular weight excluding hydrogens is 368 g/mol. The number of nitrogens with zero attached hydrogens (tertiary/aromatic N) is 1. The number of aliphatic hydroxyl groups excluding tert-OH is 1. The second-order valence-electron chi connectivity index (χ2n) is 9.17. The third kappa shape index (κ3) is 4.09. The minimum Gasteiger partial charge on any atom is -0.390 e. The Bertz CT molecular complexity index is 867. The predicted molar refractivity (Wildman–Crippen MR) is 109 cm³/mol. The van der Waals surface area contributed by atoms with Crippen LogP contribution in [0.3, 0.4) is 0 Å². The van der Waals surface area contributed by atoms with Crippen molar-refractivity contribution >= 4 is 5.91 Å². The zero-order valence-corrected chi connectivity index (χ0v) is 17.4. The molecule has 1 aromatic heterocycles. The molecule has 29 heavy (non-hydrogen) atoms. The number of carbonyl (C=O) groups is 1. The van der Waals surface area contributed by atoms with Gasteiger partial charge in [0.25, 0.3) is 5.91 Å². The van der Waals surface area contributed by atoms with Gasteiger partial charge in [-0.2, -0.15) is 0 Å². The number of hydrogen-bond acceptors (Lipinski definition) is 5. The van der Waals surface area contributed by atoms with Crippen molar-refractivity contribution in [2.75, 3.05) is 6.54 Å². The summed E-state index contributed by atoms with van der Waals surface area (Å²) < 4.78 is 11.6. The van der Waals surface area contributed by atoms with Gasteiger partial charge >= 0.3 is 0 Å².